The molecule has 2 nitrogen and oxygen atoms in total. The Morgan fingerprint density at radius 3 is 2.21 bits per heavy atom. The zero-order valence-corrected chi connectivity index (χ0v) is 11.0. The lowest BCUT2D eigenvalue weighted by molar-refractivity contribution is 0.551. The normalized spacial score (nSPS) is 18.1. The first-order valence-electron chi connectivity index (χ1n) is 5.51. The molecule has 0 aromatic heterocycles. The lowest BCUT2D eigenvalue weighted by Crippen LogP contribution is -2.28. The number of hydrogen-bond donors (Lipinski definition) is 1. The van der Waals surface area contributed by atoms with Crippen LogP contribution in [0.4, 0.5) is 0 Å². The van der Waals surface area contributed by atoms with Crippen molar-refractivity contribution in [1.82, 2.24) is 5.32 Å². The molecule has 3 heteroatoms. The van der Waals surface area contributed by atoms with Gasteiger partial charge in [0.2, 0.25) is 0 Å². The molecule has 86 valence electrons. The van der Waals surface area contributed by atoms with Crippen LogP contribution < -0.4 is 5.32 Å². The highest BCUT2D eigenvalue weighted by atomic mass is 32.2. The summed E-state index contributed by atoms with van der Waals surface area (Å²) in [7, 11) is 1.31. The Labute approximate surface area is 91.3 Å². The highest BCUT2D eigenvalue weighted by molar-refractivity contribution is 7.85. The van der Waals surface area contributed by atoms with E-state index < -0.39 is 10.8 Å². The maximum absolute atomic E-state index is 11.8. The van der Waals surface area contributed by atoms with Crippen LogP contribution in [0.3, 0.4) is 0 Å². The van der Waals surface area contributed by atoms with Crippen molar-refractivity contribution in [2.24, 2.45) is 5.92 Å². The minimum absolute atomic E-state index is 0.316. The quantitative estimate of drug-likeness (QED) is 0.711. The van der Waals surface area contributed by atoms with E-state index in [-0.39, 0.29) is 0 Å². The van der Waals surface area contributed by atoms with Crippen molar-refractivity contribution >= 4 is 10.8 Å². The molecule has 0 fully saturated rings. The predicted molar refractivity (Wildman–Crippen MR) is 65.1 cm³/mol. The van der Waals surface area contributed by atoms with E-state index in [0.29, 0.717) is 17.2 Å². The standard InChI is InChI=1S/C11H25NOS/c1-9(2)6-7-14(13)11(4)8-10(3)12-5/h9-12H,6-8H2,1-5H3. The molecular formula is C11H25NOS. The van der Waals surface area contributed by atoms with E-state index in [0.717, 1.165) is 18.6 Å². The Balaban J connectivity index is 3.76. The summed E-state index contributed by atoms with van der Waals surface area (Å²) in [5.41, 5.74) is 0. The fourth-order valence-corrected chi connectivity index (χ4v) is 2.89. The molecule has 0 aliphatic heterocycles. The molecule has 0 amide bonds. The van der Waals surface area contributed by atoms with Crippen molar-refractivity contribution in [2.75, 3.05) is 12.8 Å². The van der Waals surface area contributed by atoms with Gasteiger partial charge < -0.3 is 5.32 Å². The Hall–Kier alpha value is 0.110. The van der Waals surface area contributed by atoms with Gasteiger partial charge in [0.05, 0.1) is 0 Å². The highest BCUT2D eigenvalue weighted by Crippen LogP contribution is 2.09. The smallest absolute Gasteiger partial charge is 0.0334 e. The highest BCUT2D eigenvalue weighted by Gasteiger charge is 2.13. The Bertz CT molecular complexity index is 171. The summed E-state index contributed by atoms with van der Waals surface area (Å²) >= 11 is 0. The lowest BCUT2D eigenvalue weighted by atomic mass is 10.2. The number of rotatable bonds is 7. The largest absolute Gasteiger partial charge is 0.317 e. The van der Waals surface area contributed by atoms with Crippen LogP contribution in [0.25, 0.3) is 0 Å². The van der Waals surface area contributed by atoms with Crippen molar-refractivity contribution in [3.05, 3.63) is 0 Å². The molecule has 0 aromatic carbocycles. The molecule has 0 aliphatic rings. The van der Waals surface area contributed by atoms with Gasteiger partial charge >= 0.3 is 0 Å². The number of hydrogen-bond acceptors (Lipinski definition) is 2. The monoisotopic (exact) mass is 219 g/mol. The third-order valence-corrected chi connectivity index (χ3v) is 4.25. The summed E-state index contributed by atoms with van der Waals surface area (Å²) in [6, 6.07) is 0.466. The van der Waals surface area contributed by atoms with E-state index >= 15 is 0 Å². The van der Waals surface area contributed by atoms with E-state index in [1.54, 1.807) is 0 Å². The summed E-state index contributed by atoms with van der Waals surface area (Å²) in [4.78, 5) is 0. The molecular weight excluding hydrogens is 194 g/mol. The Kier molecular flexibility index (Phi) is 7.47. The van der Waals surface area contributed by atoms with Crippen LogP contribution in [0.15, 0.2) is 0 Å². The van der Waals surface area contributed by atoms with Crippen LogP contribution in [-0.2, 0) is 10.8 Å². The second-order valence-corrected chi connectivity index (χ2v) is 6.48. The average molecular weight is 219 g/mol. The average Bonchev–Trinajstić information content (AvgIpc) is 2.13. The maximum atomic E-state index is 11.8. The maximum Gasteiger partial charge on any atom is 0.0334 e. The van der Waals surface area contributed by atoms with Gasteiger partial charge in [-0.15, -0.1) is 0 Å². The molecule has 3 atom stereocenters. The van der Waals surface area contributed by atoms with Crippen molar-refractivity contribution in [2.45, 2.75) is 51.8 Å². The van der Waals surface area contributed by atoms with Crippen molar-refractivity contribution < 1.29 is 4.21 Å². The van der Waals surface area contributed by atoms with Gasteiger partial charge in [-0.25, -0.2) is 0 Å². The van der Waals surface area contributed by atoms with Crippen molar-refractivity contribution in [1.29, 1.82) is 0 Å². The number of nitrogens with one attached hydrogen (secondary N) is 1. The molecule has 0 aliphatic carbocycles. The molecule has 14 heavy (non-hydrogen) atoms. The van der Waals surface area contributed by atoms with Gasteiger partial charge in [-0.05, 0) is 32.7 Å². The summed E-state index contributed by atoms with van der Waals surface area (Å²) in [5.74, 6) is 1.52. The van der Waals surface area contributed by atoms with Gasteiger partial charge in [-0.2, -0.15) is 0 Å². The van der Waals surface area contributed by atoms with E-state index in [9.17, 15) is 4.21 Å². The van der Waals surface area contributed by atoms with Crippen molar-refractivity contribution in [3.63, 3.8) is 0 Å². The molecule has 0 saturated carbocycles. The SMILES string of the molecule is CNC(C)CC(C)S(=O)CCC(C)C. The fourth-order valence-electron chi connectivity index (χ4n) is 1.28. The predicted octanol–water partition coefficient (Wildman–Crippen LogP) is 2.17. The van der Waals surface area contributed by atoms with Crippen LogP contribution in [0.5, 0.6) is 0 Å². The zero-order valence-electron chi connectivity index (χ0n) is 10.2. The van der Waals surface area contributed by atoms with Crippen LogP contribution in [0.1, 0.15) is 40.5 Å². The summed E-state index contributed by atoms with van der Waals surface area (Å²) in [5, 5.41) is 3.50. The summed E-state index contributed by atoms with van der Waals surface area (Å²) < 4.78 is 11.8. The van der Waals surface area contributed by atoms with Crippen molar-refractivity contribution in [3.8, 4) is 0 Å². The molecule has 0 rings (SSSR count). The molecule has 0 bridgehead atoms. The van der Waals surface area contributed by atoms with E-state index in [1.807, 2.05) is 7.05 Å². The second kappa shape index (κ2) is 7.41. The second-order valence-electron chi connectivity index (χ2n) is 4.50. The topological polar surface area (TPSA) is 29.1 Å². The van der Waals surface area contributed by atoms with E-state index in [2.05, 4.69) is 33.0 Å². The molecule has 0 heterocycles. The van der Waals surface area contributed by atoms with Crippen LogP contribution in [-0.4, -0.2) is 28.3 Å². The van der Waals surface area contributed by atoms with Gasteiger partial charge in [0, 0.05) is 27.8 Å². The molecule has 0 aromatic rings. The zero-order chi connectivity index (χ0) is 11.1. The van der Waals surface area contributed by atoms with E-state index in [1.165, 1.54) is 0 Å². The van der Waals surface area contributed by atoms with Crippen LogP contribution in [0.2, 0.25) is 0 Å². The van der Waals surface area contributed by atoms with E-state index in [4.69, 9.17) is 0 Å². The fraction of sp³-hybridized carbons (Fsp3) is 1.00. The molecule has 0 radical (unpaired) electrons. The summed E-state index contributed by atoms with van der Waals surface area (Å²) in [6.45, 7) is 8.58. The molecule has 3 unspecified atom stereocenters. The first-order valence-corrected chi connectivity index (χ1v) is 6.90. The Morgan fingerprint density at radius 2 is 1.79 bits per heavy atom. The minimum Gasteiger partial charge on any atom is -0.317 e. The molecule has 0 spiro atoms. The Morgan fingerprint density at radius 1 is 1.21 bits per heavy atom. The minimum atomic E-state index is -0.648. The summed E-state index contributed by atoms with van der Waals surface area (Å²) in [6.07, 6.45) is 2.08. The van der Waals surface area contributed by atoms with Gasteiger partial charge in [0.1, 0.15) is 0 Å². The first kappa shape index (κ1) is 14.1. The van der Waals surface area contributed by atoms with Gasteiger partial charge in [-0.1, -0.05) is 20.8 Å². The third kappa shape index (κ3) is 6.55. The van der Waals surface area contributed by atoms with Gasteiger partial charge in [0.15, 0.2) is 0 Å². The molecule has 1 N–H and O–H groups in total. The third-order valence-electron chi connectivity index (χ3n) is 2.52. The van der Waals surface area contributed by atoms with Gasteiger partial charge in [-0.3, -0.25) is 4.21 Å². The lowest BCUT2D eigenvalue weighted by Gasteiger charge is -2.16. The molecule has 0 saturated heterocycles. The van der Waals surface area contributed by atoms with Crippen LogP contribution in [0, 0.1) is 5.92 Å². The first-order chi connectivity index (χ1) is 6.47. The van der Waals surface area contributed by atoms with Gasteiger partial charge in [0.25, 0.3) is 0 Å². The van der Waals surface area contributed by atoms with Crippen LogP contribution >= 0.6 is 0 Å².